The van der Waals surface area contributed by atoms with E-state index in [-0.39, 0.29) is 0 Å². The fourth-order valence-electron chi connectivity index (χ4n) is 2.77. The number of nitrogens with zero attached hydrogens (tertiary/aromatic N) is 5. The van der Waals surface area contributed by atoms with Crippen LogP contribution in [0.2, 0.25) is 5.02 Å². The van der Waals surface area contributed by atoms with Gasteiger partial charge in [0.25, 0.3) is 0 Å². The number of imidazole rings is 1. The zero-order chi connectivity index (χ0) is 19.7. The molecule has 1 aromatic carbocycles. The second kappa shape index (κ2) is 7.65. The molecule has 0 saturated heterocycles. The van der Waals surface area contributed by atoms with Crippen LogP contribution in [0.4, 0.5) is 0 Å². The Bertz CT molecular complexity index is 1170. The number of fused-ring (bicyclic) bond motifs is 1. The van der Waals surface area contributed by atoms with Gasteiger partial charge in [-0.25, -0.2) is 9.78 Å². The predicted octanol–water partition coefficient (Wildman–Crippen LogP) is 3.96. The molecule has 0 aliphatic carbocycles. The third kappa shape index (κ3) is 3.48. The normalized spacial score (nSPS) is 11.1. The molecule has 0 N–H and O–H groups in total. The quantitative estimate of drug-likeness (QED) is 0.364. The van der Waals surface area contributed by atoms with Gasteiger partial charge in [0.05, 0.1) is 18.5 Å². The third-order valence-corrected chi connectivity index (χ3v) is 5.62. The van der Waals surface area contributed by atoms with E-state index in [1.54, 1.807) is 18.5 Å². The SMILES string of the molecule is COC(=O)c1cccn2cc(CSc3nncn3-c3ccc(C)c(Cl)c3)nc12. The van der Waals surface area contributed by atoms with E-state index in [1.165, 1.54) is 18.9 Å². The molecule has 28 heavy (non-hydrogen) atoms. The van der Waals surface area contributed by atoms with Crippen LogP contribution in [0.3, 0.4) is 0 Å². The summed E-state index contributed by atoms with van der Waals surface area (Å²) in [5, 5.41) is 9.63. The molecule has 9 heteroatoms. The van der Waals surface area contributed by atoms with Crippen LogP contribution in [-0.4, -0.2) is 37.2 Å². The Kier molecular flexibility index (Phi) is 5.06. The molecule has 7 nitrogen and oxygen atoms in total. The third-order valence-electron chi connectivity index (χ3n) is 4.24. The van der Waals surface area contributed by atoms with Crippen LogP contribution < -0.4 is 0 Å². The largest absolute Gasteiger partial charge is 0.465 e. The second-order valence-corrected chi connectivity index (χ2v) is 7.43. The van der Waals surface area contributed by atoms with Crippen molar-refractivity contribution >= 4 is 35.0 Å². The minimum absolute atomic E-state index is 0.411. The number of rotatable bonds is 5. The van der Waals surface area contributed by atoms with Gasteiger partial charge in [-0.2, -0.15) is 0 Å². The molecule has 4 rings (SSSR count). The maximum Gasteiger partial charge on any atom is 0.341 e. The van der Waals surface area contributed by atoms with Gasteiger partial charge in [0.1, 0.15) is 11.9 Å². The van der Waals surface area contributed by atoms with E-state index in [0.29, 0.717) is 22.0 Å². The van der Waals surface area contributed by atoms with E-state index in [4.69, 9.17) is 16.3 Å². The number of aromatic nitrogens is 5. The molecule has 0 amide bonds. The van der Waals surface area contributed by atoms with Crippen molar-refractivity contribution < 1.29 is 9.53 Å². The Morgan fingerprint density at radius 3 is 2.96 bits per heavy atom. The summed E-state index contributed by atoms with van der Waals surface area (Å²) < 4.78 is 8.52. The summed E-state index contributed by atoms with van der Waals surface area (Å²) in [7, 11) is 1.36. The van der Waals surface area contributed by atoms with Gasteiger partial charge in [-0.15, -0.1) is 10.2 Å². The van der Waals surface area contributed by atoms with Crippen LogP contribution in [-0.2, 0) is 10.5 Å². The number of halogens is 1. The first-order valence-corrected chi connectivity index (χ1v) is 9.77. The van der Waals surface area contributed by atoms with Crippen LogP contribution in [0, 0.1) is 6.92 Å². The zero-order valence-corrected chi connectivity index (χ0v) is 16.7. The van der Waals surface area contributed by atoms with Crippen molar-refractivity contribution in [3.63, 3.8) is 0 Å². The Morgan fingerprint density at radius 1 is 1.32 bits per heavy atom. The number of hydrogen-bond donors (Lipinski definition) is 0. The van der Waals surface area contributed by atoms with Crippen LogP contribution in [0.5, 0.6) is 0 Å². The predicted molar refractivity (Wildman–Crippen MR) is 107 cm³/mol. The van der Waals surface area contributed by atoms with E-state index >= 15 is 0 Å². The number of pyridine rings is 1. The van der Waals surface area contributed by atoms with Gasteiger partial charge in [-0.1, -0.05) is 29.4 Å². The lowest BCUT2D eigenvalue weighted by atomic mass is 10.2. The van der Waals surface area contributed by atoms with E-state index < -0.39 is 5.97 Å². The maximum atomic E-state index is 11.9. The zero-order valence-electron chi connectivity index (χ0n) is 15.2. The van der Waals surface area contributed by atoms with E-state index in [9.17, 15) is 4.79 Å². The molecule has 0 bridgehead atoms. The van der Waals surface area contributed by atoms with E-state index in [2.05, 4.69) is 15.2 Å². The Balaban J connectivity index is 1.58. The molecule has 4 aromatic rings. The van der Waals surface area contributed by atoms with Crippen molar-refractivity contribution in [2.24, 2.45) is 0 Å². The van der Waals surface area contributed by atoms with Gasteiger partial charge in [-0.05, 0) is 36.8 Å². The van der Waals surface area contributed by atoms with Crippen molar-refractivity contribution in [2.45, 2.75) is 17.8 Å². The van der Waals surface area contributed by atoms with Crippen molar-refractivity contribution in [2.75, 3.05) is 7.11 Å². The summed E-state index contributed by atoms with van der Waals surface area (Å²) in [4.78, 5) is 16.5. The summed E-state index contributed by atoms with van der Waals surface area (Å²) in [6.07, 6.45) is 5.39. The molecule has 0 fully saturated rings. The Morgan fingerprint density at radius 2 is 2.18 bits per heavy atom. The van der Waals surface area contributed by atoms with Crippen molar-refractivity contribution in [1.82, 2.24) is 24.1 Å². The number of hydrogen-bond acceptors (Lipinski definition) is 6. The molecule has 142 valence electrons. The number of aryl methyl sites for hydroxylation is 1. The van der Waals surface area contributed by atoms with Crippen LogP contribution in [0.1, 0.15) is 21.6 Å². The molecule has 0 aliphatic heterocycles. The highest BCUT2D eigenvalue weighted by atomic mass is 35.5. The lowest BCUT2D eigenvalue weighted by Gasteiger charge is -2.07. The average molecular weight is 414 g/mol. The number of carbonyl (C=O) groups is 1. The molecular weight excluding hydrogens is 398 g/mol. The Hall–Kier alpha value is -2.84. The maximum absolute atomic E-state index is 11.9. The van der Waals surface area contributed by atoms with Crippen LogP contribution >= 0.6 is 23.4 Å². The number of benzene rings is 1. The summed E-state index contributed by atoms with van der Waals surface area (Å²) in [5.41, 5.74) is 3.72. The van der Waals surface area contributed by atoms with Crippen LogP contribution in [0.15, 0.2) is 54.2 Å². The number of carbonyl (C=O) groups excluding carboxylic acids is 1. The average Bonchev–Trinajstić information content (AvgIpc) is 3.33. The van der Waals surface area contributed by atoms with Gasteiger partial charge in [0.2, 0.25) is 0 Å². The molecule has 0 aliphatic rings. The highest BCUT2D eigenvalue weighted by molar-refractivity contribution is 7.98. The smallest absolute Gasteiger partial charge is 0.341 e. The van der Waals surface area contributed by atoms with Crippen molar-refractivity contribution in [3.05, 3.63) is 70.9 Å². The molecule has 3 aromatic heterocycles. The van der Waals surface area contributed by atoms with Crippen molar-refractivity contribution in [1.29, 1.82) is 0 Å². The molecule has 3 heterocycles. The lowest BCUT2D eigenvalue weighted by Crippen LogP contribution is -2.03. The van der Waals surface area contributed by atoms with Gasteiger partial charge >= 0.3 is 5.97 Å². The van der Waals surface area contributed by atoms with Gasteiger partial charge in [0, 0.05) is 23.2 Å². The molecule has 0 unspecified atom stereocenters. The Labute approximate surface area is 170 Å². The minimum atomic E-state index is -0.411. The first kappa shape index (κ1) is 18.5. The summed E-state index contributed by atoms with van der Waals surface area (Å²) in [6.45, 7) is 1.96. The molecule has 0 saturated carbocycles. The first-order valence-electron chi connectivity index (χ1n) is 8.41. The van der Waals surface area contributed by atoms with E-state index in [0.717, 1.165) is 22.1 Å². The summed E-state index contributed by atoms with van der Waals surface area (Å²) in [6, 6.07) is 9.31. The topological polar surface area (TPSA) is 74.3 Å². The molecule has 0 radical (unpaired) electrons. The second-order valence-electron chi connectivity index (χ2n) is 6.08. The molecular formula is C19H16ClN5O2S. The molecule has 0 atom stereocenters. The monoisotopic (exact) mass is 413 g/mol. The number of ether oxygens (including phenoxy) is 1. The van der Waals surface area contributed by atoms with Gasteiger partial charge in [0.15, 0.2) is 10.8 Å². The number of esters is 1. The highest BCUT2D eigenvalue weighted by Gasteiger charge is 2.15. The fraction of sp³-hybridized carbons (Fsp3) is 0.158. The lowest BCUT2D eigenvalue weighted by molar-refractivity contribution is 0.0602. The minimum Gasteiger partial charge on any atom is -0.465 e. The van der Waals surface area contributed by atoms with Crippen molar-refractivity contribution in [3.8, 4) is 5.69 Å². The van der Waals surface area contributed by atoms with Gasteiger partial charge in [-0.3, -0.25) is 4.57 Å². The summed E-state index contributed by atoms with van der Waals surface area (Å²) in [5.74, 6) is 0.159. The van der Waals surface area contributed by atoms with Crippen LogP contribution in [0.25, 0.3) is 11.3 Å². The fourth-order valence-corrected chi connectivity index (χ4v) is 3.76. The highest BCUT2D eigenvalue weighted by Crippen LogP contribution is 2.26. The number of methoxy groups -OCH3 is 1. The summed E-state index contributed by atoms with van der Waals surface area (Å²) >= 11 is 7.74. The molecule has 0 spiro atoms. The van der Waals surface area contributed by atoms with Gasteiger partial charge < -0.3 is 9.14 Å². The first-order chi connectivity index (χ1) is 13.6. The van der Waals surface area contributed by atoms with E-state index in [1.807, 2.05) is 46.5 Å². The standard InChI is InChI=1S/C19H16ClN5O2S/c1-12-5-6-14(8-16(12)20)25-11-21-23-19(25)28-10-13-9-24-7-3-4-15(17(24)22-13)18(26)27-2/h3-9,11H,10H2,1-2H3. The number of thioether (sulfide) groups is 1.